The number of methoxy groups -OCH3 is 1. The molecule has 0 saturated heterocycles. The van der Waals surface area contributed by atoms with Crippen LogP contribution in [0.15, 0.2) is 47.6 Å². The third kappa shape index (κ3) is 5.93. The Morgan fingerprint density at radius 1 is 1.12 bits per heavy atom. The molecular weight excluding hydrogens is 473 g/mol. The highest BCUT2D eigenvalue weighted by Crippen LogP contribution is 2.24. The molecule has 0 aliphatic heterocycles. The zero-order valence-electron chi connectivity index (χ0n) is 17.6. The molecule has 0 fully saturated rings. The van der Waals surface area contributed by atoms with Crippen LogP contribution in [-0.2, 0) is 11.8 Å². The Morgan fingerprint density at radius 3 is 2.50 bits per heavy atom. The molecule has 11 heteroatoms. The number of carbonyl (C=O) groups excluding carboxylic acids is 2. The lowest BCUT2D eigenvalue weighted by atomic mass is 10.2. The van der Waals surface area contributed by atoms with E-state index in [1.807, 2.05) is 0 Å². The summed E-state index contributed by atoms with van der Waals surface area (Å²) in [6.45, 7) is 1.80. The van der Waals surface area contributed by atoms with Crippen LogP contribution in [0.4, 0.5) is 5.69 Å². The lowest BCUT2D eigenvalue weighted by Crippen LogP contribution is -2.28. The van der Waals surface area contributed by atoms with Crippen molar-refractivity contribution in [3.05, 3.63) is 63.9 Å². The van der Waals surface area contributed by atoms with E-state index in [4.69, 9.17) is 27.9 Å². The predicted molar refractivity (Wildman–Crippen MR) is 126 cm³/mol. The van der Waals surface area contributed by atoms with Crippen molar-refractivity contribution in [2.24, 2.45) is 7.05 Å². The first-order valence-corrected chi connectivity index (χ1v) is 11.2. The summed E-state index contributed by atoms with van der Waals surface area (Å²) in [7, 11) is 3.36. The number of thioether (sulfide) groups is 1. The van der Waals surface area contributed by atoms with Crippen LogP contribution < -0.4 is 15.4 Å². The van der Waals surface area contributed by atoms with E-state index in [9.17, 15) is 9.59 Å². The second kappa shape index (κ2) is 10.7. The third-order valence-electron chi connectivity index (χ3n) is 4.49. The van der Waals surface area contributed by atoms with Crippen LogP contribution in [0.1, 0.15) is 29.1 Å². The molecule has 3 aromatic rings. The summed E-state index contributed by atoms with van der Waals surface area (Å²) in [4.78, 5) is 24.8. The van der Waals surface area contributed by atoms with Crippen molar-refractivity contribution in [3.63, 3.8) is 0 Å². The van der Waals surface area contributed by atoms with E-state index in [2.05, 4.69) is 20.8 Å². The summed E-state index contributed by atoms with van der Waals surface area (Å²) in [5.41, 5.74) is 1.06. The number of carbonyl (C=O) groups is 2. The van der Waals surface area contributed by atoms with E-state index in [1.54, 1.807) is 62.0 Å². The molecule has 0 bridgehead atoms. The molecule has 1 aromatic heterocycles. The predicted octanol–water partition coefficient (Wildman–Crippen LogP) is 4.35. The van der Waals surface area contributed by atoms with Crippen molar-refractivity contribution >= 4 is 52.5 Å². The van der Waals surface area contributed by atoms with Gasteiger partial charge in [0.1, 0.15) is 5.75 Å². The Kier molecular flexibility index (Phi) is 8.00. The highest BCUT2D eigenvalue weighted by Gasteiger charge is 2.19. The molecular formula is C21H21Cl2N5O3S. The number of aromatic nitrogens is 3. The van der Waals surface area contributed by atoms with Gasteiger partial charge in [-0.3, -0.25) is 9.59 Å². The summed E-state index contributed by atoms with van der Waals surface area (Å²) in [6.07, 6.45) is 0. The van der Waals surface area contributed by atoms with Crippen LogP contribution in [0.25, 0.3) is 0 Å². The number of nitrogens with one attached hydrogen (secondary N) is 2. The van der Waals surface area contributed by atoms with Gasteiger partial charge in [-0.15, -0.1) is 10.2 Å². The van der Waals surface area contributed by atoms with Crippen molar-refractivity contribution in [2.75, 3.05) is 18.2 Å². The Labute approximate surface area is 199 Å². The van der Waals surface area contributed by atoms with E-state index in [-0.39, 0.29) is 17.6 Å². The fourth-order valence-corrected chi connectivity index (χ4v) is 3.83. The third-order valence-corrected chi connectivity index (χ3v) is 6.25. The molecule has 8 nitrogen and oxygen atoms in total. The number of hydrogen-bond donors (Lipinski definition) is 2. The maximum atomic E-state index is 12.5. The van der Waals surface area contributed by atoms with E-state index in [0.717, 1.165) is 0 Å². The highest BCUT2D eigenvalue weighted by atomic mass is 35.5. The maximum Gasteiger partial charge on any atom is 0.251 e. The van der Waals surface area contributed by atoms with Gasteiger partial charge in [-0.25, -0.2) is 0 Å². The summed E-state index contributed by atoms with van der Waals surface area (Å²) in [5.74, 6) is 0.931. The topological polar surface area (TPSA) is 98.1 Å². The van der Waals surface area contributed by atoms with Gasteiger partial charge in [0, 0.05) is 18.3 Å². The molecule has 0 aliphatic rings. The van der Waals surface area contributed by atoms with Gasteiger partial charge in [-0.05, 0) is 49.4 Å². The second-order valence-corrected chi connectivity index (χ2v) is 8.55. The van der Waals surface area contributed by atoms with E-state index in [0.29, 0.717) is 38.0 Å². The molecule has 2 aromatic carbocycles. The first-order chi connectivity index (χ1) is 15.3. The lowest BCUT2D eigenvalue weighted by molar-refractivity contribution is -0.113. The fraction of sp³-hybridized carbons (Fsp3) is 0.238. The average molecular weight is 494 g/mol. The SMILES string of the molecule is COc1ccc(NC(=O)CSc2nnc([C@@H](C)NC(=O)c3ccc(Cl)c(Cl)c3)n2C)cc1. The van der Waals surface area contributed by atoms with Gasteiger partial charge < -0.3 is 19.9 Å². The maximum absolute atomic E-state index is 12.5. The molecule has 32 heavy (non-hydrogen) atoms. The van der Waals surface area contributed by atoms with E-state index < -0.39 is 6.04 Å². The van der Waals surface area contributed by atoms with Crippen LogP contribution in [0.5, 0.6) is 5.75 Å². The molecule has 0 unspecified atom stereocenters. The number of halogens is 2. The quantitative estimate of drug-likeness (QED) is 0.452. The molecule has 3 rings (SSSR count). The van der Waals surface area contributed by atoms with Crippen molar-refractivity contribution in [1.29, 1.82) is 0 Å². The zero-order valence-corrected chi connectivity index (χ0v) is 19.9. The molecule has 0 radical (unpaired) electrons. The van der Waals surface area contributed by atoms with Gasteiger partial charge in [-0.2, -0.15) is 0 Å². The van der Waals surface area contributed by atoms with Gasteiger partial charge in [0.2, 0.25) is 5.91 Å². The molecule has 0 spiro atoms. The van der Waals surface area contributed by atoms with Crippen molar-refractivity contribution in [1.82, 2.24) is 20.1 Å². The van der Waals surface area contributed by atoms with Crippen LogP contribution in [0.2, 0.25) is 10.0 Å². The standard InChI is InChI=1S/C21H21Cl2N5O3S/c1-12(24-20(30)13-4-9-16(22)17(23)10-13)19-26-27-21(28(19)2)32-11-18(29)25-14-5-7-15(31-3)8-6-14/h4-10,12H,11H2,1-3H3,(H,24,30)(H,25,29)/t12-/m1/s1. The number of nitrogens with zero attached hydrogens (tertiary/aromatic N) is 3. The minimum atomic E-state index is -0.420. The first-order valence-electron chi connectivity index (χ1n) is 9.50. The number of amides is 2. The van der Waals surface area contributed by atoms with Gasteiger partial charge in [-0.1, -0.05) is 35.0 Å². The zero-order chi connectivity index (χ0) is 23.3. The number of hydrogen-bond acceptors (Lipinski definition) is 6. The van der Waals surface area contributed by atoms with E-state index in [1.165, 1.54) is 17.8 Å². The molecule has 0 saturated carbocycles. The smallest absolute Gasteiger partial charge is 0.251 e. The number of rotatable bonds is 8. The minimum absolute atomic E-state index is 0.155. The molecule has 168 valence electrons. The number of anilines is 1. The van der Waals surface area contributed by atoms with Crippen molar-refractivity contribution in [3.8, 4) is 5.75 Å². The summed E-state index contributed by atoms with van der Waals surface area (Å²) < 4.78 is 6.84. The van der Waals surface area contributed by atoms with Gasteiger partial charge >= 0.3 is 0 Å². The molecule has 2 N–H and O–H groups in total. The van der Waals surface area contributed by atoms with Crippen LogP contribution in [0, 0.1) is 0 Å². The van der Waals surface area contributed by atoms with Gasteiger partial charge in [0.25, 0.3) is 5.91 Å². The van der Waals surface area contributed by atoms with Gasteiger partial charge in [0.05, 0.1) is 28.9 Å². The fourth-order valence-electron chi connectivity index (χ4n) is 2.81. The Balaban J connectivity index is 1.57. The van der Waals surface area contributed by atoms with Crippen LogP contribution in [-0.4, -0.2) is 39.4 Å². The molecule has 1 heterocycles. The molecule has 2 amide bonds. The Bertz CT molecular complexity index is 1120. The summed E-state index contributed by atoms with van der Waals surface area (Å²) >= 11 is 13.1. The second-order valence-electron chi connectivity index (χ2n) is 6.79. The Hall–Kier alpha value is -2.75. The van der Waals surface area contributed by atoms with Gasteiger partial charge in [0.15, 0.2) is 11.0 Å². The highest BCUT2D eigenvalue weighted by molar-refractivity contribution is 7.99. The van der Waals surface area contributed by atoms with E-state index >= 15 is 0 Å². The van der Waals surface area contributed by atoms with Crippen LogP contribution in [0.3, 0.4) is 0 Å². The largest absolute Gasteiger partial charge is 0.497 e. The molecule has 0 aliphatic carbocycles. The monoisotopic (exact) mass is 493 g/mol. The first kappa shape index (κ1) is 23.9. The lowest BCUT2D eigenvalue weighted by Gasteiger charge is -2.14. The molecule has 1 atom stereocenters. The Morgan fingerprint density at radius 2 is 1.84 bits per heavy atom. The summed E-state index contributed by atoms with van der Waals surface area (Å²) in [5, 5.41) is 15.2. The van der Waals surface area contributed by atoms with Crippen molar-refractivity contribution < 1.29 is 14.3 Å². The van der Waals surface area contributed by atoms with Crippen molar-refractivity contribution in [2.45, 2.75) is 18.1 Å². The minimum Gasteiger partial charge on any atom is -0.497 e. The number of benzene rings is 2. The summed E-state index contributed by atoms with van der Waals surface area (Å²) in [6, 6.07) is 11.3. The van der Waals surface area contributed by atoms with Crippen LogP contribution >= 0.6 is 35.0 Å². The normalized spacial score (nSPS) is 11.7. The number of ether oxygens (including phenoxy) is 1. The average Bonchev–Trinajstić information content (AvgIpc) is 3.15.